The van der Waals surface area contributed by atoms with Gasteiger partial charge in [0.2, 0.25) is 5.91 Å². The monoisotopic (exact) mass is 298 g/mol. The summed E-state index contributed by atoms with van der Waals surface area (Å²) in [5.74, 6) is 0.0283. The maximum absolute atomic E-state index is 12.4. The average Bonchev–Trinajstić information content (AvgIpc) is 3.16. The van der Waals surface area contributed by atoms with Crippen LogP contribution in [0.3, 0.4) is 0 Å². The van der Waals surface area contributed by atoms with Crippen molar-refractivity contribution in [3.8, 4) is 0 Å². The van der Waals surface area contributed by atoms with Gasteiger partial charge in [0.15, 0.2) is 0 Å². The summed E-state index contributed by atoms with van der Waals surface area (Å²) in [5.41, 5.74) is 8.61. The van der Waals surface area contributed by atoms with Gasteiger partial charge in [-0.25, -0.2) is 10.9 Å². The van der Waals surface area contributed by atoms with Crippen LogP contribution < -0.4 is 16.2 Å². The third kappa shape index (κ3) is 3.05. The average molecular weight is 298 g/mol. The molecule has 1 fully saturated rings. The maximum atomic E-state index is 12.4. The number of rotatable bonds is 4. The zero-order chi connectivity index (χ0) is 15.5. The summed E-state index contributed by atoms with van der Waals surface area (Å²) in [7, 11) is 2.02. The molecule has 5 nitrogen and oxygen atoms in total. The van der Waals surface area contributed by atoms with Crippen molar-refractivity contribution < 1.29 is 4.79 Å². The fourth-order valence-corrected chi connectivity index (χ4v) is 2.90. The van der Waals surface area contributed by atoms with Crippen molar-refractivity contribution in [2.45, 2.75) is 31.5 Å². The highest BCUT2D eigenvalue weighted by molar-refractivity contribution is 5.82. The predicted molar refractivity (Wildman–Crippen MR) is 85.8 cm³/mol. The highest BCUT2D eigenvalue weighted by Crippen LogP contribution is 2.22. The quantitative estimate of drug-likeness (QED) is 0.807. The molecule has 3 N–H and O–H groups in total. The molecule has 1 aromatic heterocycles. The lowest BCUT2D eigenvalue weighted by molar-refractivity contribution is -0.123. The Labute approximate surface area is 130 Å². The molecule has 1 aromatic carbocycles. The van der Waals surface area contributed by atoms with Crippen LogP contribution in [-0.4, -0.2) is 16.5 Å². The predicted octanol–water partition coefficient (Wildman–Crippen LogP) is 1.81. The number of aromatic nitrogens is 1. The Balaban J connectivity index is 1.59. The molecule has 0 radical (unpaired) electrons. The van der Waals surface area contributed by atoms with Crippen molar-refractivity contribution in [3.05, 3.63) is 59.9 Å². The van der Waals surface area contributed by atoms with Crippen LogP contribution in [0.2, 0.25) is 0 Å². The van der Waals surface area contributed by atoms with Gasteiger partial charge in [-0.05, 0) is 31.0 Å². The Bertz CT molecular complexity index is 637. The zero-order valence-electron chi connectivity index (χ0n) is 12.9. The normalized spacial score (nSPS) is 22.5. The third-order valence-corrected chi connectivity index (χ3v) is 4.22. The van der Waals surface area contributed by atoms with E-state index in [2.05, 4.69) is 26.8 Å². The van der Waals surface area contributed by atoms with Gasteiger partial charge in [0.25, 0.3) is 0 Å². The minimum Gasteiger partial charge on any atom is -0.353 e. The van der Waals surface area contributed by atoms with E-state index >= 15 is 0 Å². The first-order valence-corrected chi connectivity index (χ1v) is 7.63. The van der Waals surface area contributed by atoms with Gasteiger partial charge in [0.1, 0.15) is 6.04 Å². The summed E-state index contributed by atoms with van der Waals surface area (Å²) < 4.78 is 2.08. The van der Waals surface area contributed by atoms with E-state index in [4.69, 9.17) is 0 Å². The molecule has 0 aliphatic carbocycles. The Morgan fingerprint density at radius 1 is 1.23 bits per heavy atom. The molecule has 22 heavy (non-hydrogen) atoms. The molecular formula is C17H22N4O. The number of benzene rings is 1. The molecule has 1 aliphatic rings. The summed E-state index contributed by atoms with van der Waals surface area (Å²) in [6.45, 7) is 2.00. The first-order valence-electron chi connectivity index (χ1n) is 7.63. The smallest absolute Gasteiger partial charge is 0.239 e. The Morgan fingerprint density at radius 3 is 2.68 bits per heavy atom. The summed E-state index contributed by atoms with van der Waals surface area (Å²) in [4.78, 5) is 12.4. The molecule has 0 spiro atoms. The lowest BCUT2D eigenvalue weighted by Crippen LogP contribution is -2.43. The first-order chi connectivity index (χ1) is 10.6. The highest BCUT2D eigenvalue weighted by atomic mass is 16.2. The van der Waals surface area contributed by atoms with E-state index in [0.29, 0.717) is 0 Å². The van der Waals surface area contributed by atoms with E-state index in [1.54, 1.807) is 0 Å². The SMILES string of the molecule is CC(NC(=O)C1CC(c2cccn2C)NN1)c1ccccc1. The van der Waals surface area contributed by atoms with Crippen molar-refractivity contribution in [3.63, 3.8) is 0 Å². The highest BCUT2D eigenvalue weighted by Gasteiger charge is 2.31. The van der Waals surface area contributed by atoms with Gasteiger partial charge in [0.05, 0.1) is 12.1 Å². The standard InChI is InChI=1S/C17H22N4O/c1-12(13-7-4-3-5-8-13)18-17(22)15-11-14(19-20-15)16-9-6-10-21(16)2/h3-10,12,14-15,19-20H,11H2,1-2H3,(H,18,22). The van der Waals surface area contributed by atoms with Gasteiger partial charge >= 0.3 is 0 Å². The molecule has 2 heterocycles. The molecule has 0 saturated carbocycles. The second-order valence-electron chi connectivity index (χ2n) is 5.81. The molecule has 116 valence electrons. The summed E-state index contributed by atoms with van der Waals surface area (Å²) in [6.07, 6.45) is 2.76. The van der Waals surface area contributed by atoms with Crippen LogP contribution in [0.5, 0.6) is 0 Å². The number of amides is 1. The molecule has 0 bridgehead atoms. The van der Waals surface area contributed by atoms with Gasteiger partial charge in [-0.15, -0.1) is 0 Å². The van der Waals surface area contributed by atoms with E-state index in [1.807, 2.05) is 56.6 Å². The van der Waals surface area contributed by atoms with Crippen LogP contribution in [0.25, 0.3) is 0 Å². The number of hydrogen-bond donors (Lipinski definition) is 3. The number of carbonyl (C=O) groups is 1. The van der Waals surface area contributed by atoms with Gasteiger partial charge < -0.3 is 9.88 Å². The van der Waals surface area contributed by atoms with Crippen molar-refractivity contribution in [1.29, 1.82) is 0 Å². The van der Waals surface area contributed by atoms with E-state index < -0.39 is 0 Å². The van der Waals surface area contributed by atoms with Crippen molar-refractivity contribution in [2.24, 2.45) is 7.05 Å². The molecule has 2 aromatic rings. The van der Waals surface area contributed by atoms with Gasteiger partial charge in [-0.2, -0.15) is 0 Å². The molecular weight excluding hydrogens is 276 g/mol. The minimum absolute atomic E-state index is 0.00425. The van der Waals surface area contributed by atoms with Crippen molar-refractivity contribution >= 4 is 5.91 Å². The van der Waals surface area contributed by atoms with Crippen LogP contribution in [0, 0.1) is 0 Å². The largest absolute Gasteiger partial charge is 0.353 e. The second-order valence-corrected chi connectivity index (χ2v) is 5.81. The lowest BCUT2D eigenvalue weighted by Gasteiger charge is -2.17. The van der Waals surface area contributed by atoms with Crippen molar-refractivity contribution in [1.82, 2.24) is 20.7 Å². The van der Waals surface area contributed by atoms with Crippen LogP contribution in [0.1, 0.15) is 36.7 Å². The minimum atomic E-state index is -0.217. The number of carbonyl (C=O) groups excluding carboxylic acids is 1. The fourth-order valence-electron chi connectivity index (χ4n) is 2.90. The van der Waals surface area contributed by atoms with Gasteiger partial charge in [0, 0.05) is 18.9 Å². The van der Waals surface area contributed by atoms with Crippen LogP contribution in [0.15, 0.2) is 48.7 Å². The number of nitrogens with one attached hydrogen (secondary N) is 3. The number of nitrogens with zero attached hydrogens (tertiary/aromatic N) is 1. The molecule has 1 aliphatic heterocycles. The number of hydrogen-bond acceptors (Lipinski definition) is 3. The van der Waals surface area contributed by atoms with Gasteiger partial charge in [-0.1, -0.05) is 30.3 Å². The number of aryl methyl sites for hydroxylation is 1. The van der Waals surface area contributed by atoms with Crippen LogP contribution in [0.4, 0.5) is 0 Å². The summed E-state index contributed by atoms with van der Waals surface area (Å²) in [6, 6.07) is 14.0. The van der Waals surface area contributed by atoms with Crippen molar-refractivity contribution in [2.75, 3.05) is 0 Å². The Morgan fingerprint density at radius 2 is 2.00 bits per heavy atom. The second kappa shape index (κ2) is 6.34. The molecule has 1 saturated heterocycles. The Kier molecular flexibility index (Phi) is 4.27. The zero-order valence-corrected chi connectivity index (χ0v) is 12.9. The van der Waals surface area contributed by atoms with E-state index in [1.165, 1.54) is 5.69 Å². The fraction of sp³-hybridized carbons (Fsp3) is 0.353. The molecule has 1 amide bonds. The molecule has 5 heteroatoms. The lowest BCUT2D eigenvalue weighted by atomic mass is 10.1. The topological polar surface area (TPSA) is 58.1 Å². The van der Waals surface area contributed by atoms with Gasteiger partial charge in [-0.3, -0.25) is 4.79 Å². The Hall–Kier alpha value is -2.11. The molecule has 3 rings (SSSR count). The number of hydrazine groups is 1. The summed E-state index contributed by atoms with van der Waals surface area (Å²) >= 11 is 0. The summed E-state index contributed by atoms with van der Waals surface area (Å²) in [5, 5.41) is 3.07. The molecule has 3 atom stereocenters. The third-order valence-electron chi connectivity index (χ3n) is 4.22. The maximum Gasteiger partial charge on any atom is 0.239 e. The first kappa shape index (κ1) is 14.8. The van der Waals surface area contributed by atoms with E-state index in [9.17, 15) is 4.79 Å². The van der Waals surface area contributed by atoms with Crippen LogP contribution in [-0.2, 0) is 11.8 Å². The van der Waals surface area contributed by atoms with E-state index in [0.717, 1.165) is 12.0 Å². The van der Waals surface area contributed by atoms with Crippen LogP contribution >= 0.6 is 0 Å². The van der Waals surface area contributed by atoms with E-state index in [-0.39, 0.29) is 24.0 Å². The molecule has 3 unspecified atom stereocenters.